The van der Waals surface area contributed by atoms with Crippen LogP contribution in [0.1, 0.15) is 11.5 Å². The van der Waals surface area contributed by atoms with E-state index in [-0.39, 0.29) is 6.61 Å². The first-order chi connectivity index (χ1) is 7.19. The molecule has 0 saturated heterocycles. The average molecular weight is 211 g/mol. The van der Waals surface area contributed by atoms with Crippen molar-refractivity contribution < 1.29 is 19.5 Å². The summed E-state index contributed by atoms with van der Waals surface area (Å²) in [5.74, 6) is 3.83. The lowest BCUT2D eigenvalue weighted by Crippen LogP contribution is -2.19. The zero-order valence-electron chi connectivity index (χ0n) is 8.34. The van der Waals surface area contributed by atoms with Gasteiger partial charge in [-0.1, -0.05) is 12.1 Å². The molecule has 0 spiro atoms. The lowest BCUT2D eigenvalue weighted by molar-refractivity contribution is -0.140. The lowest BCUT2D eigenvalue weighted by Gasteiger charge is -2.11. The molecule has 0 fully saturated rings. The van der Waals surface area contributed by atoms with Crippen LogP contribution in [0.15, 0.2) is 24.3 Å². The monoisotopic (exact) mass is 211 g/mol. The molecule has 15 heavy (non-hydrogen) atoms. The molecule has 5 nitrogen and oxygen atoms in total. The smallest absolute Gasteiger partial charge is 0.313 e. The number of nitrogens with two attached hydrogens (primary N) is 1. The summed E-state index contributed by atoms with van der Waals surface area (Å²) in [6.45, 7) is -0.0539. The number of aliphatic carboxylic acids is 1. The Kier molecular flexibility index (Phi) is 4.08. The van der Waals surface area contributed by atoms with Gasteiger partial charge in [-0.2, -0.15) is 0 Å². The summed E-state index contributed by atoms with van der Waals surface area (Å²) in [7, 11) is 1.55. The van der Waals surface area contributed by atoms with Gasteiger partial charge >= 0.3 is 5.97 Å². The van der Waals surface area contributed by atoms with Crippen molar-refractivity contribution in [2.45, 2.75) is 5.92 Å². The lowest BCUT2D eigenvalue weighted by atomic mass is 10.0. The number of hydrogen-bond donors (Lipinski definition) is 2. The Morgan fingerprint density at radius 2 is 2.07 bits per heavy atom. The third-order valence-corrected chi connectivity index (χ3v) is 2.08. The van der Waals surface area contributed by atoms with Crippen LogP contribution in [0, 0.1) is 0 Å². The van der Waals surface area contributed by atoms with E-state index in [2.05, 4.69) is 4.84 Å². The Bertz CT molecular complexity index is 323. The van der Waals surface area contributed by atoms with Crippen LogP contribution in [0.4, 0.5) is 0 Å². The van der Waals surface area contributed by atoms with E-state index >= 15 is 0 Å². The molecule has 0 aromatic heterocycles. The predicted octanol–water partition coefficient (Wildman–Crippen LogP) is 0.754. The van der Waals surface area contributed by atoms with Crippen LogP contribution in [0.2, 0.25) is 0 Å². The Balaban J connectivity index is 2.86. The quantitative estimate of drug-likeness (QED) is 0.702. The second kappa shape index (κ2) is 5.33. The molecule has 1 aromatic rings. The number of hydrogen-bond acceptors (Lipinski definition) is 4. The van der Waals surface area contributed by atoms with Gasteiger partial charge in [-0.05, 0) is 17.7 Å². The van der Waals surface area contributed by atoms with Crippen LogP contribution in [0.3, 0.4) is 0 Å². The summed E-state index contributed by atoms with van der Waals surface area (Å²) in [5.41, 5.74) is 0.633. The van der Waals surface area contributed by atoms with Gasteiger partial charge < -0.3 is 14.7 Å². The Labute approximate surface area is 87.4 Å². The van der Waals surface area contributed by atoms with Crippen LogP contribution < -0.4 is 10.6 Å². The molecule has 0 radical (unpaired) electrons. The molecule has 0 heterocycles. The molecule has 0 amide bonds. The van der Waals surface area contributed by atoms with Gasteiger partial charge in [0, 0.05) is 0 Å². The molecular formula is C10H13NO4. The summed E-state index contributed by atoms with van der Waals surface area (Å²) < 4.78 is 4.97. The van der Waals surface area contributed by atoms with Crippen molar-refractivity contribution in [2.75, 3.05) is 13.7 Å². The highest BCUT2D eigenvalue weighted by Crippen LogP contribution is 2.19. The Morgan fingerprint density at radius 1 is 1.47 bits per heavy atom. The molecule has 0 aliphatic heterocycles. The van der Waals surface area contributed by atoms with E-state index < -0.39 is 11.9 Å². The second-order valence-electron chi connectivity index (χ2n) is 3.00. The molecule has 0 aliphatic rings. The normalized spacial score (nSPS) is 12.1. The highest BCUT2D eigenvalue weighted by Gasteiger charge is 2.19. The SMILES string of the molecule is COc1ccc(C(CON)C(=O)O)cc1. The summed E-state index contributed by atoms with van der Waals surface area (Å²) >= 11 is 0. The van der Waals surface area contributed by atoms with Gasteiger partial charge in [-0.3, -0.25) is 4.79 Å². The Hall–Kier alpha value is -1.59. The summed E-state index contributed by atoms with van der Waals surface area (Å²) in [4.78, 5) is 15.2. The van der Waals surface area contributed by atoms with Gasteiger partial charge in [-0.15, -0.1) is 0 Å². The maximum absolute atomic E-state index is 10.9. The molecular weight excluding hydrogens is 198 g/mol. The third kappa shape index (κ3) is 2.93. The third-order valence-electron chi connectivity index (χ3n) is 2.08. The van der Waals surface area contributed by atoms with Crippen LogP contribution in [-0.4, -0.2) is 24.8 Å². The number of carboxylic acid groups (broad SMARTS) is 1. The summed E-state index contributed by atoms with van der Waals surface area (Å²) in [6, 6.07) is 6.75. The van der Waals surface area contributed by atoms with E-state index in [0.29, 0.717) is 11.3 Å². The van der Waals surface area contributed by atoms with Crippen molar-refractivity contribution in [3.05, 3.63) is 29.8 Å². The number of ether oxygens (including phenoxy) is 1. The van der Waals surface area contributed by atoms with E-state index in [1.807, 2.05) is 0 Å². The fourth-order valence-corrected chi connectivity index (χ4v) is 1.24. The van der Waals surface area contributed by atoms with E-state index in [4.69, 9.17) is 15.7 Å². The first-order valence-corrected chi connectivity index (χ1v) is 4.37. The van der Waals surface area contributed by atoms with Crippen molar-refractivity contribution >= 4 is 5.97 Å². The zero-order valence-corrected chi connectivity index (χ0v) is 8.34. The number of carbonyl (C=O) groups is 1. The second-order valence-corrected chi connectivity index (χ2v) is 3.00. The van der Waals surface area contributed by atoms with Crippen LogP contribution in [0.5, 0.6) is 5.75 Å². The number of benzene rings is 1. The zero-order chi connectivity index (χ0) is 11.3. The van der Waals surface area contributed by atoms with Crippen LogP contribution >= 0.6 is 0 Å². The molecule has 1 aromatic carbocycles. The minimum absolute atomic E-state index is 0.0539. The molecule has 0 bridgehead atoms. The van der Waals surface area contributed by atoms with Gasteiger partial charge in [0.15, 0.2) is 0 Å². The summed E-state index contributed by atoms with van der Waals surface area (Å²) in [5, 5.41) is 8.92. The average Bonchev–Trinajstić information content (AvgIpc) is 2.26. The first kappa shape index (κ1) is 11.5. The predicted molar refractivity (Wildman–Crippen MR) is 53.5 cm³/mol. The van der Waals surface area contributed by atoms with Crippen molar-refractivity contribution in [3.8, 4) is 5.75 Å². The fraction of sp³-hybridized carbons (Fsp3) is 0.300. The molecule has 82 valence electrons. The first-order valence-electron chi connectivity index (χ1n) is 4.37. The maximum atomic E-state index is 10.9. The van der Waals surface area contributed by atoms with Crippen LogP contribution in [-0.2, 0) is 9.63 Å². The number of rotatable bonds is 5. The van der Waals surface area contributed by atoms with E-state index in [0.717, 1.165) is 0 Å². The molecule has 1 rings (SSSR count). The Morgan fingerprint density at radius 3 is 2.47 bits per heavy atom. The largest absolute Gasteiger partial charge is 0.497 e. The highest BCUT2D eigenvalue weighted by molar-refractivity contribution is 5.76. The van der Waals surface area contributed by atoms with Crippen molar-refractivity contribution in [1.29, 1.82) is 0 Å². The molecule has 0 aliphatic carbocycles. The molecule has 3 N–H and O–H groups in total. The number of methoxy groups -OCH3 is 1. The van der Waals surface area contributed by atoms with E-state index in [1.165, 1.54) is 0 Å². The van der Waals surface area contributed by atoms with Gasteiger partial charge in [-0.25, -0.2) is 5.90 Å². The van der Waals surface area contributed by atoms with Gasteiger partial charge in [0.05, 0.1) is 13.7 Å². The number of carboxylic acids is 1. The summed E-state index contributed by atoms with van der Waals surface area (Å²) in [6.07, 6.45) is 0. The molecule has 1 atom stereocenters. The minimum Gasteiger partial charge on any atom is -0.497 e. The van der Waals surface area contributed by atoms with Gasteiger partial charge in [0.2, 0.25) is 0 Å². The highest BCUT2D eigenvalue weighted by atomic mass is 16.6. The topological polar surface area (TPSA) is 81.8 Å². The van der Waals surface area contributed by atoms with E-state index in [1.54, 1.807) is 31.4 Å². The minimum atomic E-state index is -0.967. The molecule has 0 saturated carbocycles. The fourth-order valence-electron chi connectivity index (χ4n) is 1.24. The maximum Gasteiger partial charge on any atom is 0.313 e. The van der Waals surface area contributed by atoms with E-state index in [9.17, 15) is 4.79 Å². The van der Waals surface area contributed by atoms with Crippen LogP contribution in [0.25, 0.3) is 0 Å². The standard InChI is InChI=1S/C10H13NO4/c1-14-8-4-2-7(3-5-8)9(6-15-11)10(12)13/h2-5,9H,6,11H2,1H3,(H,12,13). The van der Waals surface area contributed by atoms with Crippen molar-refractivity contribution in [1.82, 2.24) is 0 Å². The van der Waals surface area contributed by atoms with Crippen molar-refractivity contribution in [2.24, 2.45) is 5.90 Å². The molecule has 5 heteroatoms. The van der Waals surface area contributed by atoms with Crippen molar-refractivity contribution in [3.63, 3.8) is 0 Å². The van der Waals surface area contributed by atoms with Gasteiger partial charge in [0.1, 0.15) is 11.7 Å². The molecule has 1 unspecified atom stereocenters. The van der Waals surface area contributed by atoms with Gasteiger partial charge in [0.25, 0.3) is 0 Å².